The Labute approximate surface area is 91.4 Å². The zero-order chi connectivity index (χ0) is 11.4. The van der Waals surface area contributed by atoms with Gasteiger partial charge in [0.1, 0.15) is 11.4 Å². The number of amides is 1. The minimum atomic E-state index is -1.02. The second kappa shape index (κ2) is 4.88. The fraction of sp³-hybridized carbons (Fsp3) is 0.444. The Hall–Kier alpha value is -1.43. The summed E-state index contributed by atoms with van der Waals surface area (Å²) in [4.78, 5) is 27.7. The van der Waals surface area contributed by atoms with E-state index in [0.717, 1.165) is 16.3 Å². The van der Waals surface area contributed by atoms with Gasteiger partial charge in [-0.25, -0.2) is 4.98 Å². The quantitative estimate of drug-likeness (QED) is 0.829. The summed E-state index contributed by atoms with van der Waals surface area (Å²) in [7, 11) is 1.46. The van der Waals surface area contributed by atoms with Crippen LogP contribution in [0.5, 0.6) is 0 Å². The molecule has 1 rings (SSSR count). The normalized spacial score (nSPS) is 10.0. The van der Waals surface area contributed by atoms with Crippen molar-refractivity contribution in [1.29, 1.82) is 0 Å². The molecule has 1 amide bonds. The van der Waals surface area contributed by atoms with E-state index in [4.69, 9.17) is 5.11 Å². The highest BCUT2D eigenvalue weighted by Crippen LogP contribution is 2.14. The highest BCUT2D eigenvalue weighted by atomic mass is 32.1. The second-order valence-electron chi connectivity index (χ2n) is 3.03. The van der Waals surface area contributed by atoms with E-state index in [-0.39, 0.29) is 12.5 Å². The average molecular weight is 228 g/mol. The summed E-state index contributed by atoms with van der Waals surface area (Å²) in [6.45, 7) is 1.66. The number of carboxylic acid groups (broad SMARTS) is 1. The van der Waals surface area contributed by atoms with Gasteiger partial charge >= 0.3 is 5.97 Å². The number of hydrogen-bond acceptors (Lipinski definition) is 4. The SMILES string of the molecule is CCc1ncc(C(=O)N(C)CC(=O)O)s1. The Morgan fingerprint density at radius 2 is 2.27 bits per heavy atom. The molecule has 0 radical (unpaired) electrons. The van der Waals surface area contributed by atoms with E-state index in [1.165, 1.54) is 24.6 Å². The molecule has 6 heteroatoms. The van der Waals surface area contributed by atoms with E-state index in [9.17, 15) is 9.59 Å². The lowest BCUT2D eigenvalue weighted by atomic mass is 10.4. The minimum absolute atomic E-state index is 0.293. The van der Waals surface area contributed by atoms with E-state index < -0.39 is 5.97 Å². The van der Waals surface area contributed by atoms with Gasteiger partial charge in [-0.1, -0.05) is 6.92 Å². The first kappa shape index (κ1) is 11.6. The van der Waals surface area contributed by atoms with E-state index >= 15 is 0 Å². The predicted octanol–water partition coefficient (Wildman–Crippen LogP) is 0.862. The molecule has 0 saturated carbocycles. The van der Waals surface area contributed by atoms with Crippen LogP contribution < -0.4 is 0 Å². The molecule has 5 nitrogen and oxygen atoms in total. The molecule has 1 heterocycles. The van der Waals surface area contributed by atoms with Crippen molar-refractivity contribution in [3.05, 3.63) is 16.1 Å². The Morgan fingerprint density at radius 1 is 1.60 bits per heavy atom. The molecule has 1 N–H and O–H groups in total. The molecule has 1 aromatic heterocycles. The first-order valence-electron chi connectivity index (χ1n) is 4.46. The summed E-state index contributed by atoms with van der Waals surface area (Å²) in [5.41, 5.74) is 0. The lowest BCUT2D eigenvalue weighted by Gasteiger charge is -2.12. The molecule has 0 aliphatic carbocycles. The molecular weight excluding hydrogens is 216 g/mol. The van der Waals surface area contributed by atoms with Gasteiger partial charge in [0.25, 0.3) is 5.91 Å². The number of carbonyl (C=O) groups excluding carboxylic acids is 1. The van der Waals surface area contributed by atoms with E-state index in [2.05, 4.69) is 4.98 Å². The van der Waals surface area contributed by atoms with Crippen LogP contribution in [0.15, 0.2) is 6.20 Å². The van der Waals surface area contributed by atoms with Crippen molar-refractivity contribution in [3.8, 4) is 0 Å². The summed E-state index contributed by atoms with van der Waals surface area (Å²) >= 11 is 1.30. The van der Waals surface area contributed by atoms with Crippen molar-refractivity contribution in [2.24, 2.45) is 0 Å². The van der Waals surface area contributed by atoms with E-state index in [1.54, 1.807) is 0 Å². The number of carboxylic acids is 1. The zero-order valence-electron chi connectivity index (χ0n) is 8.56. The van der Waals surface area contributed by atoms with Crippen molar-refractivity contribution in [2.75, 3.05) is 13.6 Å². The largest absolute Gasteiger partial charge is 0.480 e. The van der Waals surface area contributed by atoms with E-state index in [0.29, 0.717) is 4.88 Å². The number of hydrogen-bond donors (Lipinski definition) is 1. The van der Waals surface area contributed by atoms with Gasteiger partial charge < -0.3 is 10.0 Å². The topological polar surface area (TPSA) is 70.5 Å². The molecule has 0 bridgehead atoms. The van der Waals surface area contributed by atoms with Gasteiger partial charge in [0, 0.05) is 7.05 Å². The van der Waals surface area contributed by atoms with Crippen LogP contribution in [0.4, 0.5) is 0 Å². The number of nitrogens with zero attached hydrogens (tertiary/aromatic N) is 2. The first-order chi connectivity index (χ1) is 7.04. The number of likely N-dealkylation sites (N-methyl/N-ethyl adjacent to an activating group) is 1. The van der Waals surface area contributed by atoms with Crippen LogP contribution in [0.25, 0.3) is 0 Å². The fourth-order valence-electron chi connectivity index (χ4n) is 1.04. The van der Waals surface area contributed by atoms with Crippen LogP contribution in [0, 0.1) is 0 Å². The van der Waals surface area contributed by atoms with Crippen molar-refractivity contribution < 1.29 is 14.7 Å². The third-order valence-corrected chi connectivity index (χ3v) is 2.92. The molecule has 0 aliphatic heterocycles. The molecule has 0 fully saturated rings. The van der Waals surface area contributed by atoms with Crippen molar-refractivity contribution >= 4 is 23.2 Å². The Kier molecular flexibility index (Phi) is 3.79. The predicted molar refractivity (Wildman–Crippen MR) is 56.1 cm³/mol. The van der Waals surface area contributed by atoms with Gasteiger partial charge in [-0.3, -0.25) is 9.59 Å². The Bertz CT molecular complexity index is 375. The molecule has 0 aliphatic rings. The van der Waals surface area contributed by atoms with Crippen LogP contribution in [0.2, 0.25) is 0 Å². The third-order valence-electron chi connectivity index (χ3n) is 1.79. The van der Waals surface area contributed by atoms with E-state index in [1.807, 2.05) is 6.92 Å². The van der Waals surface area contributed by atoms with Gasteiger partial charge in [-0.05, 0) is 6.42 Å². The fourth-order valence-corrected chi connectivity index (χ4v) is 1.89. The van der Waals surface area contributed by atoms with Crippen LogP contribution in [0.1, 0.15) is 21.6 Å². The maximum Gasteiger partial charge on any atom is 0.323 e. The minimum Gasteiger partial charge on any atom is -0.480 e. The van der Waals surface area contributed by atoms with Crippen molar-refractivity contribution in [2.45, 2.75) is 13.3 Å². The number of carbonyl (C=O) groups is 2. The van der Waals surface area contributed by atoms with Gasteiger partial charge in [0.15, 0.2) is 0 Å². The molecule has 1 aromatic rings. The molecule has 0 spiro atoms. The van der Waals surface area contributed by atoms with Gasteiger partial charge in [0.05, 0.1) is 11.2 Å². The Morgan fingerprint density at radius 3 is 2.73 bits per heavy atom. The maximum absolute atomic E-state index is 11.6. The first-order valence-corrected chi connectivity index (χ1v) is 5.28. The molecule has 82 valence electrons. The van der Waals surface area contributed by atoms with Crippen molar-refractivity contribution in [3.63, 3.8) is 0 Å². The molecule has 15 heavy (non-hydrogen) atoms. The molecule has 0 aromatic carbocycles. The van der Waals surface area contributed by atoms with Gasteiger partial charge in [0.2, 0.25) is 0 Å². The number of aromatic nitrogens is 1. The lowest BCUT2D eigenvalue weighted by Crippen LogP contribution is -2.31. The number of rotatable bonds is 4. The summed E-state index contributed by atoms with van der Waals surface area (Å²) in [6.07, 6.45) is 2.27. The number of aryl methyl sites for hydroxylation is 1. The maximum atomic E-state index is 11.6. The summed E-state index contributed by atoms with van der Waals surface area (Å²) in [6, 6.07) is 0. The van der Waals surface area contributed by atoms with Crippen LogP contribution in [0.3, 0.4) is 0 Å². The Balaban J connectivity index is 2.71. The van der Waals surface area contributed by atoms with Crippen LogP contribution in [-0.4, -0.2) is 40.5 Å². The van der Waals surface area contributed by atoms with Crippen LogP contribution >= 0.6 is 11.3 Å². The standard InChI is InChI=1S/C9H12N2O3S/c1-3-7-10-4-6(15-7)9(14)11(2)5-8(12)13/h4H,3,5H2,1-2H3,(H,12,13). The molecular formula is C9H12N2O3S. The molecule has 0 unspecified atom stereocenters. The third kappa shape index (κ3) is 3.02. The zero-order valence-corrected chi connectivity index (χ0v) is 9.37. The highest BCUT2D eigenvalue weighted by molar-refractivity contribution is 7.13. The smallest absolute Gasteiger partial charge is 0.323 e. The van der Waals surface area contributed by atoms with Gasteiger partial charge in [-0.15, -0.1) is 11.3 Å². The monoisotopic (exact) mass is 228 g/mol. The van der Waals surface area contributed by atoms with Crippen LogP contribution in [-0.2, 0) is 11.2 Å². The summed E-state index contributed by atoms with van der Waals surface area (Å²) in [5.74, 6) is -1.32. The number of thiazole rings is 1. The highest BCUT2D eigenvalue weighted by Gasteiger charge is 2.16. The number of aliphatic carboxylic acids is 1. The summed E-state index contributed by atoms with van der Waals surface area (Å²) < 4.78 is 0. The lowest BCUT2D eigenvalue weighted by molar-refractivity contribution is -0.137. The summed E-state index contributed by atoms with van der Waals surface area (Å²) in [5, 5.41) is 9.40. The van der Waals surface area contributed by atoms with Crippen molar-refractivity contribution in [1.82, 2.24) is 9.88 Å². The average Bonchev–Trinajstić information content (AvgIpc) is 2.63. The molecule has 0 saturated heterocycles. The van der Waals surface area contributed by atoms with Gasteiger partial charge in [-0.2, -0.15) is 0 Å². The molecule has 0 atom stereocenters. The second-order valence-corrected chi connectivity index (χ2v) is 4.14.